The standard InChI is InChI=1S/C24H31N3O/c1-25(2)16-17-27(18-20-8-5-4-6-9-20)24(28)13-12-21-10-7-11-22-19-26(3)15-14-23(21)22/h4-13H,14-19H2,1-3H3/b13-12+. The number of nitrogens with zero attached hydrogens (tertiary/aromatic N) is 3. The number of likely N-dealkylation sites (N-methyl/N-ethyl adjacent to an activating group) is 2. The van der Waals surface area contributed by atoms with E-state index in [1.54, 1.807) is 6.08 Å². The molecule has 0 unspecified atom stereocenters. The van der Waals surface area contributed by atoms with E-state index in [0.717, 1.165) is 31.6 Å². The van der Waals surface area contributed by atoms with Gasteiger partial charge in [0.25, 0.3) is 0 Å². The van der Waals surface area contributed by atoms with Crippen molar-refractivity contribution >= 4 is 12.0 Å². The zero-order valence-electron chi connectivity index (χ0n) is 17.3. The van der Waals surface area contributed by atoms with Crippen LogP contribution in [0.2, 0.25) is 0 Å². The van der Waals surface area contributed by atoms with Gasteiger partial charge in [0.05, 0.1) is 0 Å². The lowest BCUT2D eigenvalue weighted by Gasteiger charge is -2.26. The average Bonchev–Trinajstić information content (AvgIpc) is 2.69. The second kappa shape index (κ2) is 9.67. The molecule has 0 fully saturated rings. The fraction of sp³-hybridized carbons (Fsp3) is 0.375. The first kappa shape index (κ1) is 20.3. The molecule has 148 valence electrons. The molecule has 1 aliphatic heterocycles. The minimum Gasteiger partial charge on any atom is -0.334 e. The molecule has 0 atom stereocenters. The van der Waals surface area contributed by atoms with E-state index in [9.17, 15) is 4.79 Å². The summed E-state index contributed by atoms with van der Waals surface area (Å²) in [7, 11) is 6.23. The molecule has 0 saturated carbocycles. The lowest BCUT2D eigenvalue weighted by atomic mass is 9.94. The first-order valence-electron chi connectivity index (χ1n) is 9.98. The Hall–Kier alpha value is -2.43. The molecule has 0 spiro atoms. The van der Waals surface area contributed by atoms with Crippen molar-refractivity contribution in [2.45, 2.75) is 19.5 Å². The van der Waals surface area contributed by atoms with E-state index in [2.05, 4.69) is 47.2 Å². The molecule has 4 heteroatoms. The maximum absolute atomic E-state index is 13.0. The molecule has 28 heavy (non-hydrogen) atoms. The van der Waals surface area contributed by atoms with E-state index in [1.165, 1.54) is 16.7 Å². The van der Waals surface area contributed by atoms with Gasteiger partial charge in [0.15, 0.2) is 0 Å². The summed E-state index contributed by atoms with van der Waals surface area (Å²) in [4.78, 5) is 19.3. The van der Waals surface area contributed by atoms with Crippen molar-refractivity contribution in [1.82, 2.24) is 14.7 Å². The zero-order chi connectivity index (χ0) is 19.9. The van der Waals surface area contributed by atoms with Crippen molar-refractivity contribution in [2.24, 2.45) is 0 Å². The lowest BCUT2D eigenvalue weighted by Crippen LogP contribution is -2.35. The number of fused-ring (bicyclic) bond motifs is 1. The summed E-state index contributed by atoms with van der Waals surface area (Å²) in [5.41, 5.74) is 5.08. The topological polar surface area (TPSA) is 26.8 Å². The normalized spacial score (nSPS) is 14.4. The summed E-state index contributed by atoms with van der Waals surface area (Å²) in [5, 5.41) is 0. The van der Waals surface area contributed by atoms with E-state index in [4.69, 9.17) is 0 Å². The Balaban J connectivity index is 1.75. The van der Waals surface area contributed by atoms with Crippen LogP contribution in [0, 0.1) is 0 Å². The number of amides is 1. The molecule has 1 amide bonds. The molecule has 0 saturated heterocycles. The van der Waals surface area contributed by atoms with Gasteiger partial charge in [0.2, 0.25) is 5.91 Å². The number of carbonyl (C=O) groups excluding carboxylic acids is 1. The Morgan fingerprint density at radius 2 is 1.86 bits per heavy atom. The van der Waals surface area contributed by atoms with Gasteiger partial charge < -0.3 is 14.7 Å². The molecular weight excluding hydrogens is 346 g/mol. The van der Waals surface area contributed by atoms with Crippen molar-refractivity contribution in [3.63, 3.8) is 0 Å². The van der Waals surface area contributed by atoms with E-state index in [-0.39, 0.29) is 5.91 Å². The number of hydrogen-bond acceptors (Lipinski definition) is 3. The monoisotopic (exact) mass is 377 g/mol. The fourth-order valence-electron chi connectivity index (χ4n) is 3.59. The van der Waals surface area contributed by atoms with Gasteiger partial charge in [0.1, 0.15) is 0 Å². The number of hydrogen-bond donors (Lipinski definition) is 0. The largest absolute Gasteiger partial charge is 0.334 e. The van der Waals surface area contributed by atoms with Gasteiger partial charge >= 0.3 is 0 Å². The smallest absolute Gasteiger partial charge is 0.246 e. The Bertz CT molecular complexity index is 814. The van der Waals surface area contributed by atoms with Crippen LogP contribution in [0.3, 0.4) is 0 Å². The second-order valence-corrected chi connectivity index (χ2v) is 7.85. The molecule has 0 bridgehead atoms. The van der Waals surface area contributed by atoms with Crippen LogP contribution in [0.5, 0.6) is 0 Å². The molecule has 2 aromatic rings. The molecule has 0 N–H and O–H groups in total. The minimum atomic E-state index is 0.0660. The quantitative estimate of drug-likeness (QED) is 0.693. The maximum Gasteiger partial charge on any atom is 0.246 e. The summed E-state index contributed by atoms with van der Waals surface area (Å²) >= 11 is 0. The van der Waals surface area contributed by atoms with Crippen LogP contribution >= 0.6 is 0 Å². The van der Waals surface area contributed by atoms with Crippen LogP contribution in [0.1, 0.15) is 22.3 Å². The number of benzene rings is 2. The highest BCUT2D eigenvalue weighted by molar-refractivity contribution is 5.92. The van der Waals surface area contributed by atoms with E-state index in [0.29, 0.717) is 13.1 Å². The van der Waals surface area contributed by atoms with Gasteiger partial charge in [-0.15, -0.1) is 0 Å². The summed E-state index contributed by atoms with van der Waals surface area (Å²) in [6, 6.07) is 16.6. The van der Waals surface area contributed by atoms with Crippen LogP contribution in [0.25, 0.3) is 6.08 Å². The fourth-order valence-corrected chi connectivity index (χ4v) is 3.59. The third-order valence-electron chi connectivity index (χ3n) is 5.24. The van der Waals surface area contributed by atoms with Crippen molar-refractivity contribution < 1.29 is 4.79 Å². The van der Waals surface area contributed by atoms with Crippen LogP contribution in [0.15, 0.2) is 54.6 Å². The van der Waals surface area contributed by atoms with Crippen molar-refractivity contribution in [2.75, 3.05) is 40.8 Å². The van der Waals surface area contributed by atoms with Gasteiger partial charge in [-0.2, -0.15) is 0 Å². The predicted octanol–water partition coefficient (Wildman–Crippen LogP) is 3.28. The Kier molecular flexibility index (Phi) is 7.01. The first-order valence-corrected chi connectivity index (χ1v) is 9.98. The molecule has 1 heterocycles. The van der Waals surface area contributed by atoms with E-state index >= 15 is 0 Å². The lowest BCUT2D eigenvalue weighted by molar-refractivity contribution is -0.126. The number of carbonyl (C=O) groups is 1. The molecule has 3 rings (SSSR count). The second-order valence-electron chi connectivity index (χ2n) is 7.85. The van der Waals surface area contributed by atoms with Crippen LogP contribution in [-0.2, 0) is 24.3 Å². The molecule has 4 nitrogen and oxygen atoms in total. The van der Waals surface area contributed by atoms with Gasteiger partial charge in [-0.05, 0) is 55.9 Å². The van der Waals surface area contributed by atoms with E-state index in [1.807, 2.05) is 43.3 Å². The molecule has 1 aliphatic rings. The summed E-state index contributed by atoms with van der Waals surface area (Å²) < 4.78 is 0. The van der Waals surface area contributed by atoms with E-state index < -0.39 is 0 Å². The van der Waals surface area contributed by atoms with Crippen molar-refractivity contribution in [1.29, 1.82) is 0 Å². The van der Waals surface area contributed by atoms with Crippen LogP contribution in [-0.4, -0.2) is 61.4 Å². The van der Waals surface area contributed by atoms with Gasteiger partial charge in [0, 0.05) is 38.8 Å². The van der Waals surface area contributed by atoms with Gasteiger partial charge in [-0.25, -0.2) is 0 Å². The molecule has 0 aromatic heterocycles. The Labute approximate surface area is 169 Å². The molecule has 0 aliphatic carbocycles. The van der Waals surface area contributed by atoms with Crippen LogP contribution in [0.4, 0.5) is 0 Å². The Morgan fingerprint density at radius 1 is 1.07 bits per heavy atom. The third-order valence-corrected chi connectivity index (χ3v) is 5.24. The highest BCUT2D eigenvalue weighted by atomic mass is 16.2. The van der Waals surface area contributed by atoms with Gasteiger partial charge in [-0.1, -0.05) is 48.5 Å². The Morgan fingerprint density at radius 3 is 2.61 bits per heavy atom. The molecule has 0 radical (unpaired) electrons. The first-order chi connectivity index (χ1) is 13.5. The summed E-state index contributed by atoms with van der Waals surface area (Å²) in [6.45, 7) is 4.24. The summed E-state index contributed by atoms with van der Waals surface area (Å²) in [6.07, 6.45) is 4.78. The minimum absolute atomic E-state index is 0.0660. The maximum atomic E-state index is 13.0. The number of rotatable bonds is 7. The molecule has 2 aromatic carbocycles. The SMILES string of the molecule is CN(C)CCN(Cc1ccccc1)C(=O)/C=C/c1cccc2c1CCN(C)C2. The zero-order valence-corrected chi connectivity index (χ0v) is 17.3. The highest BCUT2D eigenvalue weighted by Gasteiger charge is 2.16. The van der Waals surface area contributed by atoms with Crippen molar-refractivity contribution in [3.05, 3.63) is 76.9 Å². The van der Waals surface area contributed by atoms with Crippen LogP contribution < -0.4 is 0 Å². The molecular formula is C24H31N3O. The average molecular weight is 378 g/mol. The van der Waals surface area contributed by atoms with Crippen molar-refractivity contribution in [3.8, 4) is 0 Å². The van der Waals surface area contributed by atoms with Gasteiger partial charge in [-0.3, -0.25) is 4.79 Å². The highest BCUT2D eigenvalue weighted by Crippen LogP contribution is 2.23. The summed E-state index contributed by atoms with van der Waals surface area (Å²) in [5.74, 6) is 0.0660. The third kappa shape index (κ3) is 5.54. The predicted molar refractivity (Wildman–Crippen MR) is 116 cm³/mol.